The molecule has 3 fully saturated rings. The molecule has 2 saturated carbocycles. The van der Waals surface area contributed by atoms with E-state index in [2.05, 4.69) is 4.72 Å². The zero-order chi connectivity index (χ0) is 27.5. The molecule has 1 spiro atoms. The minimum absolute atomic E-state index is 0.0559. The number of carbonyl (C=O) groups excluding carboxylic acids is 1. The summed E-state index contributed by atoms with van der Waals surface area (Å²) in [5.41, 5.74) is 0.730. The Morgan fingerprint density at radius 1 is 1.11 bits per heavy atom. The highest BCUT2D eigenvalue weighted by Crippen LogP contribution is 2.65. The van der Waals surface area contributed by atoms with Crippen LogP contribution in [-0.2, 0) is 19.6 Å². The summed E-state index contributed by atoms with van der Waals surface area (Å²) in [5.74, 6) is -2.23. The van der Waals surface area contributed by atoms with Crippen molar-refractivity contribution in [1.29, 1.82) is 0 Å². The third kappa shape index (κ3) is 4.74. The van der Waals surface area contributed by atoms with Gasteiger partial charge in [-0.15, -0.1) is 0 Å². The number of piperidine rings is 1. The molecule has 2 N–H and O–H groups in total. The highest BCUT2D eigenvalue weighted by atomic mass is 35.5. The molecule has 38 heavy (non-hydrogen) atoms. The van der Waals surface area contributed by atoms with Gasteiger partial charge in [0.15, 0.2) is 0 Å². The van der Waals surface area contributed by atoms with E-state index in [-0.39, 0.29) is 24.8 Å². The zero-order valence-corrected chi connectivity index (χ0v) is 23.7. The van der Waals surface area contributed by atoms with Crippen molar-refractivity contribution in [3.63, 3.8) is 0 Å². The summed E-state index contributed by atoms with van der Waals surface area (Å²) in [6.07, 6.45) is 2.34. The number of amides is 1. The molecule has 1 saturated heterocycles. The number of carbonyl (C=O) groups is 2. The predicted octanol–water partition coefficient (Wildman–Crippen LogP) is 5.39. The Balaban J connectivity index is 1.60. The van der Waals surface area contributed by atoms with Gasteiger partial charge in [0, 0.05) is 28.5 Å². The molecule has 2 aromatic carbocycles. The van der Waals surface area contributed by atoms with Gasteiger partial charge in [-0.3, -0.25) is 9.59 Å². The van der Waals surface area contributed by atoms with Crippen molar-refractivity contribution in [2.75, 3.05) is 6.54 Å². The van der Waals surface area contributed by atoms with Crippen molar-refractivity contribution in [3.8, 4) is 0 Å². The molecule has 1 amide bonds. The fourth-order valence-corrected chi connectivity index (χ4v) is 7.73. The number of halogens is 2. The van der Waals surface area contributed by atoms with Crippen LogP contribution in [0, 0.1) is 11.3 Å². The van der Waals surface area contributed by atoms with E-state index in [1.165, 1.54) is 0 Å². The van der Waals surface area contributed by atoms with Crippen LogP contribution < -0.4 is 4.72 Å². The van der Waals surface area contributed by atoms with Crippen molar-refractivity contribution in [2.45, 2.75) is 68.7 Å². The minimum Gasteiger partial charge on any atom is -0.481 e. The average molecular weight is 580 g/mol. The number of benzene rings is 2. The second-order valence-electron chi connectivity index (χ2n) is 11.2. The molecule has 2 aromatic rings. The maximum Gasteiger partial charge on any atom is 0.307 e. The molecular formula is C28H32Cl2N2O5S. The lowest BCUT2D eigenvalue weighted by Crippen LogP contribution is -2.56. The average Bonchev–Trinajstić information content (AvgIpc) is 3.79. The van der Waals surface area contributed by atoms with Gasteiger partial charge < -0.3 is 10.0 Å². The lowest BCUT2D eigenvalue weighted by Gasteiger charge is -2.49. The topological polar surface area (TPSA) is 104 Å². The highest BCUT2D eigenvalue weighted by molar-refractivity contribution is 7.91. The van der Waals surface area contributed by atoms with E-state index in [0.29, 0.717) is 35.7 Å². The van der Waals surface area contributed by atoms with Gasteiger partial charge >= 0.3 is 5.97 Å². The van der Waals surface area contributed by atoms with Gasteiger partial charge in [0.2, 0.25) is 15.9 Å². The second kappa shape index (κ2) is 9.81. The number of aliphatic carboxylic acids is 1. The van der Waals surface area contributed by atoms with E-state index < -0.39 is 44.2 Å². The Kier molecular flexibility index (Phi) is 7.08. The summed E-state index contributed by atoms with van der Waals surface area (Å²) < 4.78 is 27.9. The van der Waals surface area contributed by atoms with Crippen molar-refractivity contribution < 1.29 is 23.1 Å². The van der Waals surface area contributed by atoms with Crippen LogP contribution in [0.15, 0.2) is 48.5 Å². The molecule has 2 aliphatic carbocycles. The molecule has 5 rings (SSSR count). The minimum atomic E-state index is -3.56. The highest BCUT2D eigenvalue weighted by Gasteiger charge is 2.69. The van der Waals surface area contributed by atoms with Gasteiger partial charge in [0.25, 0.3) is 0 Å². The molecule has 3 aliphatic rings. The van der Waals surface area contributed by atoms with Crippen LogP contribution in [0.5, 0.6) is 0 Å². The Morgan fingerprint density at radius 2 is 1.79 bits per heavy atom. The molecule has 0 unspecified atom stereocenters. The monoisotopic (exact) mass is 578 g/mol. The van der Waals surface area contributed by atoms with Crippen LogP contribution >= 0.6 is 23.2 Å². The van der Waals surface area contributed by atoms with Crippen LogP contribution in [0.1, 0.15) is 69.0 Å². The van der Waals surface area contributed by atoms with E-state index in [9.17, 15) is 23.1 Å². The number of carboxylic acids is 1. The van der Waals surface area contributed by atoms with Crippen molar-refractivity contribution in [3.05, 3.63) is 69.7 Å². The Morgan fingerprint density at radius 3 is 2.34 bits per heavy atom. The van der Waals surface area contributed by atoms with Crippen molar-refractivity contribution in [1.82, 2.24) is 9.62 Å². The van der Waals surface area contributed by atoms with Crippen LogP contribution in [0.25, 0.3) is 0 Å². The van der Waals surface area contributed by atoms with Gasteiger partial charge in [-0.2, -0.15) is 0 Å². The number of rotatable bonds is 9. The summed E-state index contributed by atoms with van der Waals surface area (Å²) in [6, 6.07) is 13.8. The fourth-order valence-electron chi connectivity index (χ4n) is 6.01. The molecule has 1 heterocycles. The van der Waals surface area contributed by atoms with Gasteiger partial charge in [-0.25, -0.2) is 13.1 Å². The summed E-state index contributed by atoms with van der Waals surface area (Å²) in [7, 11) is -3.56. The Labute approximate surface area is 233 Å². The van der Waals surface area contributed by atoms with E-state index in [1.54, 1.807) is 30.0 Å². The van der Waals surface area contributed by atoms with E-state index >= 15 is 0 Å². The predicted molar refractivity (Wildman–Crippen MR) is 147 cm³/mol. The molecular weight excluding hydrogens is 547 g/mol. The molecule has 1 aliphatic heterocycles. The summed E-state index contributed by atoms with van der Waals surface area (Å²) >= 11 is 12.6. The lowest BCUT2D eigenvalue weighted by atomic mass is 9.72. The van der Waals surface area contributed by atoms with Crippen LogP contribution in [0.3, 0.4) is 0 Å². The second-order valence-corrected chi connectivity index (χ2v) is 14.3. The molecule has 0 bridgehead atoms. The summed E-state index contributed by atoms with van der Waals surface area (Å²) in [5, 5.41) is 11.0. The van der Waals surface area contributed by atoms with Crippen LogP contribution in [0.4, 0.5) is 0 Å². The largest absolute Gasteiger partial charge is 0.481 e. The first-order valence-corrected chi connectivity index (χ1v) is 15.2. The van der Waals surface area contributed by atoms with E-state index in [4.69, 9.17) is 23.2 Å². The molecule has 0 radical (unpaired) electrons. The molecule has 0 aromatic heterocycles. The molecule has 10 heteroatoms. The van der Waals surface area contributed by atoms with E-state index in [1.807, 2.05) is 37.3 Å². The maximum atomic E-state index is 14.3. The third-order valence-corrected chi connectivity index (χ3v) is 11.5. The van der Waals surface area contributed by atoms with Gasteiger partial charge in [0.1, 0.15) is 0 Å². The zero-order valence-electron chi connectivity index (χ0n) is 21.4. The fraction of sp³-hybridized carbons (Fsp3) is 0.500. The third-order valence-electron chi connectivity index (χ3n) is 8.76. The first-order chi connectivity index (χ1) is 17.9. The normalized spacial score (nSPS) is 28.8. The molecule has 5 atom stereocenters. The lowest BCUT2D eigenvalue weighted by molar-refractivity contribution is -0.153. The van der Waals surface area contributed by atoms with E-state index in [0.717, 1.165) is 11.1 Å². The number of hydrogen-bond donors (Lipinski definition) is 2. The number of nitrogens with zero attached hydrogens (tertiary/aromatic N) is 1. The van der Waals surface area contributed by atoms with Gasteiger partial charge in [0.05, 0.1) is 22.1 Å². The number of carboxylic acid groups (broad SMARTS) is 1. The van der Waals surface area contributed by atoms with Gasteiger partial charge in [-0.05, 0) is 74.4 Å². The quantitative estimate of drug-likeness (QED) is 0.415. The molecule has 7 nitrogen and oxygen atoms in total. The number of sulfonamides is 1. The summed E-state index contributed by atoms with van der Waals surface area (Å²) in [6.45, 7) is 3.70. The van der Waals surface area contributed by atoms with Crippen molar-refractivity contribution >= 4 is 45.1 Å². The Hall–Kier alpha value is -2.13. The number of nitrogens with one attached hydrogen (secondary N) is 1. The number of likely N-dealkylation sites (tertiary alicyclic amines) is 1. The Bertz CT molecular complexity index is 1360. The van der Waals surface area contributed by atoms with Crippen molar-refractivity contribution in [2.24, 2.45) is 11.3 Å². The maximum absolute atomic E-state index is 14.3. The summed E-state index contributed by atoms with van der Waals surface area (Å²) in [4.78, 5) is 28.1. The van der Waals surface area contributed by atoms with Crippen LogP contribution in [0.2, 0.25) is 10.0 Å². The SMILES string of the molecule is CC[C@@H](CNS(=O)(=O)C1(C)CC1)N1C(=O)[C@@]2(C[C@H](c3cccc(Cl)c3)[C@H]1c1ccc(Cl)cc1)C[C@@H]2C(=O)O. The number of hydrogen-bond acceptors (Lipinski definition) is 4. The van der Waals surface area contributed by atoms with Gasteiger partial charge in [-0.1, -0.05) is 54.4 Å². The smallest absolute Gasteiger partial charge is 0.307 e. The molecule has 204 valence electrons. The van der Waals surface area contributed by atoms with Crippen LogP contribution in [-0.4, -0.2) is 47.6 Å². The standard InChI is InChI=1S/C28H32Cl2N2O5S/c1-3-21(16-31-38(36,37)27(2)11-12-27)32-24(17-7-9-19(29)10-8-17)22(18-5-4-6-20(30)13-18)14-28(26(32)35)15-23(28)25(33)34/h4-10,13,21-24,31H,3,11-12,14-16H2,1-2H3,(H,33,34)/t21-,22+,23+,24+,28-/m0/s1. The first-order valence-electron chi connectivity index (χ1n) is 13.0. The first kappa shape index (κ1) is 27.4.